The lowest BCUT2D eigenvalue weighted by Gasteiger charge is -2.18. The number of amides is 2. The number of benzene rings is 1. The Bertz CT molecular complexity index is 648. The molecule has 0 radical (unpaired) electrons. The van der Waals surface area contributed by atoms with Gasteiger partial charge in [-0.3, -0.25) is 14.4 Å². The summed E-state index contributed by atoms with van der Waals surface area (Å²) in [5, 5.41) is 12.0. The minimum Gasteiger partial charge on any atom is -0.481 e. The largest absolute Gasteiger partial charge is 0.481 e. The average Bonchev–Trinajstić information content (AvgIpc) is 3.22. The molecular formula is C15H15ClN2O4. The van der Waals surface area contributed by atoms with Gasteiger partial charge in [-0.15, -0.1) is 0 Å². The zero-order valence-electron chi connectivity index (χ0n) is 11.7. The van der Waals surface area contributed by atoms with Gasteiger partial charge in [0.1, 0.15) is 6.04 Å². The number of carbonyl (C=O) groups is 3. The number of hydrogen-bond acceptors (Lipinski definition) is 3. The molecule has 1 saturated carbocycles. The summed E-state index contributed by atoms with van der Waals surface area (Å²) in [7, 11) is 0. The van der Waals surface area contributed by atoms with E-state index in [-0.39, 0.29) is 11.8 Å². The van der Waals surface area contributed by atoms with Crippen LogP contribution in [-0.4, -0.2) is 35.5 Å². The molecule has 0 unspecified atom stereocenters. The first-order valence-corrected chi connectivity index (χ1v) is 7.46. The van der Waals surface area contributed by atoms with E-state index in [1.165, 1.54) is 0 Å². The number of carboxylic acids is 1. The molecule has 2 fully saturated rings. The van der Waals surface area contributed by atoms with Crippen molar-refractivity contribution in [3.63, 3.8) is 0 Å². The number of rotatable bonds is 4. The molecule has 0 aromatic heterocycles. The van der Waals surface area contributed by atoms with Gasteiger partial charge in [0.2, 0.25) is 11.8 Å². The third-order valence-electron chi connectivity index (χ3n) is 4.11. The van der Waals surface area contributed by atoms with Gasteiger partial charge in [0.15, 0.2) is 0 Å². The van der Waals surface area contributed by atoms with E-state index in [9.17, 15) is 14.4 Å². The maximum Gasteiger partial charge on any atom is 0.307 e. The zero-order chi connectivity index (χ0) is 15.9. The summed E-state index contributed by atoms with van der Waals surface area (Å²) in [6.07, 6.45) is 0.830. The molecule has 3 rings (SSSR count). The third-order valence-corrected chi connectivity index (χ3v) is 4.43. The number of anilines is 1. The Balaban J connectivity index is 1.64. The Hall–Kier alpha value is -2.08. The van der Waals surface area contributed by atoms with E-state index in [4.69, 9.17) is 16.7 Å². The Kier molecular flexibility index (Phi) is 3.78. The lowest BCUT2D eigenvalue weighted by molar-refractivity contribution is -0.140. The summed E-state index contributed by atoms with van der Waals surface area (Å²) in [6.45, 7) is 0.473. The highest BCUT2D eigenvalue weighted by Gasteiger charge is 2.49. The smallest absolute Gasteiger partial charge is 0.307 e. The van der Waals surface area contributed by atoms with Crippen LogP contribution in [0.5, 0.6) is 0 Å². The number of carboxylic acid groups (broad SMARTS) is 1. The van der Waals surface area contributed by atoms with E-state index in [1.807, 2.05) is 0 Å². The molecule has 6 nitrogen and oxygen atoms in total. The van der Waals surface area contributed by atoms with Gasteiger partial charge in [-0.1, -0.05) is 23.7 Å². The summed E-state index contributed by atoms with van der Waals surface area (Å²) >= 11 is 6.09. The minimum atomic E-state index is -0.962. The normalized spacial score (nSPS) is 26.9. The van der Waals surface area contributed by atoms with E-state index in [0.29, 0.717) is 30.1 Å². The Morgan fingerprint density at radius 1 is 1.27 bits per heavy atom. The molecule has 2 N–H and O–H groups in total. The summed E-state index contributed by atoms with van der Waals surface area (Å²) in [6, 6.07) is 6.43. The van der Waals surface area contributed by atoms with Crippen LogP contribution in [0, 0.1) is 11.8 Å². The quantitative estimate of drug-likeness (QED) is 0.874. The highest BCUT2D eigenvalue weighted by Crippen LogP contribution is 2.39. The van der Waals surface area contributed by atoms with Crippen molar-refractivity contribution in [2.24, 2.45) is 11.8 Å². The van der Waals surface area contributed by atoms with Gasteiger partial charge >= 0.3 is 5.97 Å². The van der Waals surface area contributed by atoms with Crippen LogP contribution in [0.3, 0.4) is 0 Å². The summed E-state index contributed by atoms with van der Waals surface area (Å²) < 4.78 is 0. The molecule has 1 heterocycles. The summed E-state index contributed by atoms with van der Waals surface area (Å²) in [4.78, 5) is 36.7. The Morgan fingerprint density at radius 3 is 2.64 bits per heavy atom. The maximum absolute atomic E-state index is 12.4. The van der Waals surface area contributed by atoms with Crippen molar-refractivity contribution in [2.75, 3.05) is 11.4 Å². The predicted octanol–water partition coefficient (Wildman–Crippen LogP) is 1.28. The monoisotopic (exact) mass is 322 g/mol. The predicted molar refractivity (Wildman–Crippen MR) is 79.6 cm³/mol. The van der Waals surface area contributed by atoms with E-state index >= 15 is 0 Å². The number of halogens is 1. The van der Waals surface area contributed by atoms with Crippen LogP contribution in [0.25, 0.3) is 0 Å². The fourth-order valence-corrected chi connectivity index (χ4v) is 3.00. The maximum atomic E-state index is 12.4. The van der Waals surface area contributed by atoms with Crippen molar-refractivity contribution in [2.45, 2.75) is 18.9 Å². The molecular weight excluding hydrogens is 308 g/mol. The van der Waals surface area contributed by atoms with Gasteiger partial charge in [0.25, 0.3) is 0 Å². The number of nitrogens with zero attached hydrogens (tertiary/aromatic N) is 1. The second kappa shape index (κ2) is 5.61. The van der Waals surface area contributed by atoms with Gasteiger partial charge in [-0.25, -0.2) is 0 Å². The van der Waals surface area contributed by atoms with Crippen molar-refractivity contribution in [1.29, 1.82) is 0 Å². The van der Waals surface area contributed by atoms with E-state index in [2.05, 4.69) is 5.32 Å². The first-order valence-electron chi connectivity index (χ1n) is 7.08. The van der Waals surface area contributed by atoms with Gasteiger partial charge < -0.3 is 15.3 Å². The van der Waals surface area contributed by atoms with E-state index in [1.54, 1.807) is 29.2 Å². The molecule has 1 aromatic carbocycles. The summed E-state index contributed by atoms with van der Waals surface area (Å²) in [5.74, 6) is -2.66. The lowest BCUT2D eigenvalue weighted by atomic mass is 10.2. The highest BCUT2D eigenvalue weighted by atomic mass is 35.5. The molecule has 1 aliphatic heterocycles. The molecule has 2 aliphatic rings. The van der Waals surface area contributed by atoms with Crippen LogP contribution in [0.1, 0.15) is 12.8 Å². The summed E-state index contributed by atoms with van der Waals surface area (Å²) in [5.41, 5.74) is 0.626. The van der Waals surface area contributed by atoms with Gasteiger partial charge in [-0.2, -0.15) is 0 Å². The third kappa shape index (κ3) is 2.66. The van der Waals surface area contributed by atoms with Crippen LogP contribution in [0.2, 0.25) is 5.02 Å². The van der Waals surface area contributed by atoms with E-state index < -0.39 is 23.8 Å². The lowest BCUT2D eigenvalue weighted by Crippen LogP contribution is -2.42. The second-order valence-electron chi connectivity index (χ2n) is 5.58. The molecule has 3 atom stereocenters. The topological polar surface area (TPSA) is 86.7 Å². The number of carbonyl (C=O) groups excluding carboxylic acids is 2. The number of nitrogens with one attached hydrogen (secondary N) is 1. The van der Waals surface area contributed by atoms with Crippen LogP contribution in [-0.2, 0) is 14.4 Å². The molecule has 1 aromatic rings. The van der Waals surface area contributed by atoms with Gasteiger partial charge in [-0.05, 0) is 25.0 Å². The Morgan fingerprint density at radius 2 is 2.00 bits per heavy atom. The highest BCUT2D eigenvalue weighted by molar-refractivity contribution is 6.34. The SMILES string of the molecule is O=C(O)[C@@H]1C[C@H]1C(=O)N[C@H]1CCN(c2ccccc2Cl)C1=O. The van der Waals surface area contributed by atoms with Gasteiger partial charge in [0.05, 0.1) is 22.5 Å². The van der Waals surface area contributed by atoms with Crippen molar-refractivity contribution >= 4 is 35.1 Å². The molecule has 22 heavy (non-hydrogen) atoms. The fraction of sp³-hybridized carbons (Fsp3) is 0.400. The van der Waals surface area contributed by atoms with Crippen molar-refractivity contribution in [3.05, 3.63) is 29.3 Å². The average molecular weight is 323 g/mol. The second-order valence-corrected chi connectivity index (χ2v) is 5.99. The first kappa shape index (κ1) is 14.8. The van der Waals surface area contributed by atoms with Crippen LogP contribution >= 0.6 is 11.6 Å². The molecule has 1 aliphatic carbocycles. The minimum absolute atomic E-state index is 0.214. The molecule has 0 bridgehead atoms. The van der Waals surface area contributed by atoms with Crippen molar-refractivity contribution in [1.82, 2.24) is 5.32 Å². The fourth-order valence-electron chi connectivity index (χ4n) is 2.76. The van der Waals surface area contributed by atoms with Crippen molar-refractivity contribution in [3.8, 4) is 0 Å². The zero-order valence-corrected chi connectivity index (χ0v) is 12.4. The molecule has 7 heteroatoms. The van der Waals surface area contributed by atoms with E-state index in [0.717, 1.165) is 0 Å². The molecule has 0 spiro atoms. The van der Waals surface area contributed by atoms with Gasteiger partial charge in [0, 0.05) is 6.54 Å². The standard InChI is InChI=1S/C15H15ClN2O4/c16-10-3-1-2-4-12(10)18-6-5-11(14(18)20)17-13(19)8-7-9(8)15(21)22/h1-4,8-9,11H,5-7H2,(H,17,19)(H,21,22)/t8-,9-,11+/m1/s1. The molecule has 2 amide bonds. The number of aliphatic carboxylic acids is 1. The molecule has 1 saturated heterocycles. The molecule has 116 valence electrons. The Labute approximate surface area is 132 Å². The van der Waals surface area contributed by atoms with Crippen LogP contribution in [0.15, 0.2) is 24.3 Å². The first-order chi connectivity index (χ1) is 10.5. The van der Waals surface area contributed by atoms with Crippen LogP contribution in [0.4, 0.5) is 5.69 Å². The van der Waals surface area contributed by atoms with Crippen LogP contribution < -0.4 is 10.2 Å². The number of para-hydroxylation sites is 1. The number of hydrogen-bond donors (Lipinski definition) is 2. The van der Waals surface area contributed by atoms with Crippen molar-refractivity contribution < 1.29 is 19.5 Å².